The Kier molecular flexibility index (Phi) is 6.66. The number of hydrogen-bond donors (Lipinski definition) is 2. The van der Waals surface area contributed by atoms with Crippen molar-refractivity contribution < 1.29 is 14.3 Å². The van der Waals surface area contributed by atoms with Crippen molar-refractivity contribution >= 4 is 39.1 Å². The summed E-state index contributed by atoms with van der Waals surface area (Å²) in [4.78, 5) is 29.0. The number of nitrogens with one attached hydrogen (secondary N) is 2. The summed E-state index contributed by atoms with van der Waals surface area (Å²) in [5, 5.41) is 6.51. The summed E-state index contributed by atoms with van der Waals surface area (Å²) in [7, 11) is 0. The third-order valence-corrected chi connectivity index (χ3v) is 5.52. The van der Waals surface area contributed by atoms with Crippen molar-refractivity contribution in [3.63, 3.8) is 0 Å². The molecular weight excluding hydrogens is 410 g/mol. The van der Waals surface area contributed by atoms with Crippen LogP contribution in [-0.4, -0.2) is 23.4 Å². The minimum absolute atomic E-state index is 0.0515. The van der Waals surface area contributed by atoms with Crippen molar-refractivity contribution in [2.24, 2.45) is 0 Å². The molecule has 0 radical (unpaired) electrons. The number of thiazole rings is 1. The van der Waals surface area contributed by atoms with Gasteiger partial charge in [-0.3, -0.25) is 9.59 Å². The van der Waals surface area contributed by atoms with Crippen LogP contribution in [0.3, 0.4) is 0 Å². The standard InChI is InChI=1S/C24H21N3O3S/c28-22(15-30-16-23-27-20-11-4-5-12-21(20)31-23)25-14-17-7-6-8-18(13-17)24(29)26-19-9-2-1-3-10-19/h1-13H,14-16H2,(H,25,28)(H,26,29). The van der Waals surface area contributed by atoms with Gasteiger partial charge < -0.3 is 15.4 Å². The summed E-state index contributed by atoms with van der Waals surface area (Å²) in [6.07, 6.45) is 0. The predicted molar refractivity (Wildman–Crippen MR) is 122 cm³/mol. The first-order valence-electron chi connectivity index (χ1n) is 9.81. The molecule has 0 aliphatic rings. The SMILES string of the molecule is O=C(COCc1nc2ccccc2s1)NCc1cccc(C(=O)Nc2ccccc2)c1. The molecule has 0 aliphatic carbocycles. The fraction of sp³-hybridized carbons (Fsp3) is 0.125. The van der Waals surface area contributed by atoms with Crippen LogP contribution in [0.2, 0.25) is 0 Å². The first-order valence-corrected chi connectivity index (χ1v) is 10.6. The van der Waals surface area contributed by atoms with Crippen LogP contribution >= 0.6 is 11.3 Å². The van der Waals surface area contributed by atoms with Crippen molar-refractivity contribution in [2.45, 2.75) is 13.2 Å². The van der Waals surface area contributed by atoms with E-state index in [1.165, 1.54) is 0 Å². The zero-order valence-corrected chi connectivity index (χ0v) is 17.5. The largest absolute Gasteiger partial charge is 0.364 e. The van der Waals surface area contributed by atoms with Gasteiger partial charge in [-0.05, 0) is 42.0 Å². The minimum Gasteiger partial charge on any atom is -0.364 e. The first-order chi connectivity index (χ1) is 15.2. The quantitative estimate of drug-likeness (QED) is 0.434. The van der Waals surface area contributed by atoms with E-state index in [4.69, 9.17) is 4.74 Å². The molecule has 7 heteroatoms. The van der Waals surface area contributed by atoms with Crippen LogP contribution in [0, 0.1) is 0 Å². The maximum absolute atomic E-state index is 12.4. The Morgan fingerprint density at radius 2 is 1.74 bits per heavy atom. The Hall–Kier alpha value is -3.55. The lowest BCUT2D eigenvalue weighted by molar-refractivity contribution is -0.126. The number of hydrogen-bond acceptors (Lipinski definition) is 5. The average molecular weight is 432 g/mol. The second kappa shape index (κ2) is 9.97. The summed E-state index contributed by atoms with van der Waals surface area (Å²) in [6, 6.07) is 24.3. The molecule has 4 rings (SSSR count). The Labute approximate surface area is 183 Å². The van der Waals surface area contributed by atoms with Gasteiger partial charge in [0, 0.05) is 17.8 Å². The van der Waals surface area contributed by atoms with Gasteiger partial charge in [-0.2, -0.15) is 0 Å². The van der Waals surface area contributed by atoms with Crippen molar-refractivity contribution in [1.29, 1.82) is 0 Å². The van der Waals surface area contributed by atoms with Gasteiger partial charge in [-0.25, -0.2) is 4.98 Å². The smallest absolute Gasteiger partial charge is 0.255 e. The maximum Gasteiger partial charge on any atom is 0.255 e. The third kappa shape index (κ3) is 5.75. The number of rotatable bonds is 8. The van der Waals surface area contributed by atoms with Crippen molar-refractivity contribution in [3.05, 3.63) is 95.0 Å². The number of para-hydroxylation sites is 2. The van der Waals surface area contributed by atoms with Crippen LogP contribution in [-0.2, 0) is 22.7 Å². The minimum atomic E-state index is -0.222. The number of carbonyl (C=O) groups excluding carboxylic acids is 2. The lowest BCUT2D eigenvalue weighted by atomic mass is 10.1. The number of nitrogens with zero attached hydrogens (tertiary/aromatic N) is 1. The zero-order chi connectivity index (χ0) is 21.5. The summed E-state index contributed by atoms with van der Waals surface area (Å²) in [5.41, 5.74) is 3.03. The van der Waals surface area contributed by atoms with Crippen LogP contribution in [0.25, 0.3) is 10.2 Å². The van der Waals surface area contributed by atoms with Crippen molar-refractivity contribution in [1.82, 2.24) is 10.3 Å². The fourth-order valence-electron chi connectivity index (χ4n) is 3.01. The molecule has 0 unspecified atom stereocenters. The molecule has 156 valence electrons. The molecule has 2 N–H and O–H groups in total. The van der Waals surface area contributed by atoms with Crippen molar-refractivity contribution in [2.75, 3.05) is 11.9 Å². The van der Waals surface area contributed by atoms with Crippen LogP contribution in [0.1, 0.15) is 20.9 Å². The van der Waals surface area contributed by atoms with Crippen LogP contribution in [0.15, 0.2) is 78.9 Å². The molecular formula is C24H21N3O3S. The molecule has 0 bridgehead atoms. The van der Waals surface area contributed by atoms with E-state index in [1.807, 2.05) is 60.7 Å². The van der Waals surface area contributed by atoms with E-state index in [1.54, 1.807) is 29.5 Å². The van der Waals surface area contributed by atoms with Gasteiger partial charge in [0.2, 0.25) is 5.91 Å². The summed E-state index contributed by atoms with van der Waals surface area (Å²) < 4.78 is 6.60. The summed E-state index contributed by atoms with van der Waals surface area (Å²) in [5.74, 6) is -0.418. The highest BCUT2D eigenvalue weighted by Gasteiger charge is 2.09. The van der Waals surface area contributed by atoms with Gasteiger partial charge in [-0.1, -0.05) is 42.5 Å². The number of aromatic nitrogens is 1. The summed E-state index contributed by atoms with van der Waals surface area (Å²) in [6.45, 7) is 0.557. The highest BCUT2D eigenvalue weighted by Crippen LogP contribution is 2.21. The Bertz CT molecular complexity index is 1160. The first kappa shape index (κ1) is 20.7. The average Bonchev–Trinajstić information content (AvgIpc) is 3.21. The van der Waals surface area contributed by atoms with Crippen LogP contribution < -0.4 is 10.6 Å². The zero-order valence-electron chi connectivity index (χ0n) is 16.7. The monoisotopic (exact) mass is 431 g/mol. The molecule has 1 aromatic heterocycles. The Morgan fingerprint density at radius 1 is 0.935 bits per heavy atom. The van der Waals surface area contributed by atoms with E-state index in [2.05, 4.69) is 15.6 Å². The number of amides is 2. The van der Waals surface area contributed by atoms with E-state index in [0.717, 1.165) is 26.5 Å². The van der Waals surface area contributed by atoms with E-state index >= 15 is 0 Å². The van der Waals surface area contributed by atoms with Gasteiger partial charge in [-0.15, -0.1) is 11.3 Å². The van der Waals surface area contributed by atoms with Crippen molar-refractivity contribution in [3.8, 4) is 0 Å². The second-order valence-corrected chi connectivity index (χ2v) is 7.98. The van der Waals surface area contributed by atoms with Gasteiger partial charge >= 0.3 is 0 Å². The van der Waals surface area contributed by atoms with Crippen LogP contribution in [0.5, 0.6) is 0 Å². The molecule has 3 aromatic carbocycles. The predicted octanol–water partition coefficient (Wildman–Crippen LogP) is 4.38. The molecule has 2 amide bonds. The second-order valence-electron chi connectivity index (χ2n) is 6.87. The lowest BCUT2D eigenvalue weighted by Crippen LogP contribution is -2.27. The topological polar surface area (TPSA) is 80.3 Å². The maximum atomic E-state index is 12.4. The number of anilines is 1. The Morgan fingerprint density at radius 3 is 2.58 bits per heavy atom. The number of ether oxygens (including phenoxy) is 1. The van der Waals surface area contributed by atoms with Gasteiger partial charge in [0.1, 0.15) is 11.6 Å². The molecule has 0 spiro atoms. The molecule has 1 heterocycles. The molecule has 0 atom stereocenters. The normalized spacial score (nSPS) is 10.7. The molecule has 4 aromatic rings. The lowest BCUT2D eigenvalue weighted by Gasteiger charge is -2.08. The van der Waals surface area contributed by atoms with Gasteiger partial charge in [0.15, 0.2) is 0 Å². The fourth-order valence-corrected chi connectivity index (χ4v) is 3.92. The van der Waals surface area contributed by atoms with E-state index in [9.17, 15) is 9.59 Å². The molecule has 31 heavy (non-hydrogen) atoms. The molecule has 0 saturated carbocycles. The van der Waals surface area contributed by atoms with Crippen LogP contribution in [0.4, 0.5) is 5.69 Å². The number of fused-ring (bicyclic) bond motifs is 1. The highest BCUT2D eigenvalue weighted by molar-refractivity contribution is 7.18. The highest BCUT2D eigenvalue weighted by atomic mass is 32.1. The molecule has 6 nitrogen and oxygen atoms in total. The van der Waals surface area contributed by atoms with E-state index in [0.29, 0.717) is 18.7 Å². The Balaban J connectivity index is 1.24. The molecule has 0 aliphatic heterocycles. The number of carbonyl (C=O) groups is 2. The molecule has 0 fully saturated rings. The van der Waals surface area contributed by atoms with E-state index in [-0.39, 0.29) is 18.4 Å². The van der Waals surface area contributed by atoms with Gasteiger partial charge in [0.25, 0.3) is 5.91 Å². The summed E-state index contributed by atoms with van der Waals surface area (Å²) >= 11 is 1.56. The third-order valence-electron chi connectivity index (χ3n) is 4.51. The number of benzene rings is 3. The van der Waals surface area contributed by atoms with E-state index < -0.39 is 0 Å². The molecule has 0 saturated heterocycles. The van der Waals surface area contributed by atoms with Gasteiger partial charge in [0.05, 0.1) is 16.8 Å².